The highest BCUT2D eigenvalue weighted by molar-refractivity contribution is 8.00. The van der Waals surface area contributed by atoms with Crippen LogP contribution < -0.4 is 11.1 Å². The van der Waals surface area contributed by atoms with Crippen molar-refractivity contribution < 1.29 is 4.79 Å². The molecule has 0 saturated heterocycles. The highest BCUT2D eigenvalue weighted by Gasteiger charge is 2.07. The minimum Gasteiger partial charge on any atom is -0.382 e. The smallest absolute Gasteiger partial charge is 0.227 e. The normalized spacial score (nSPS) is 12.1. The number of benzene rings is 1. The number of carbonyl (C=O) groups is 1. The molecule has 1 aromatic rings. The lowest BCUT2D eigenvalue weighted by Gasteiger charge is -2.17. The summed E-state index contributed by atoms with van der Waals surface area (Å²) in [6.07, 6.45) is 3.60. The molecular formula is C14H22N2OS. The number of unbranched alkanes of at least 4 members (excludes halogenated alkanes) is 1. The van der Waals surface area contributed by atoms with E-state index in [0.717, 1.165) is 17.0 Å². The molecule has 0 aliphatic heterocycles. The van der Waals surface area contributed by atoms with Crippen LogP contribution in [0.5, 0.6) is 0 Å². The van der Waals surface area contributed by atoms with Crippen LogP contribution in [0.3, 0.4) is 0 Å². The molecule has 0 fully saturated rings. The first-order chi connectivity index (χ1) is 8.63. The predicted molar refractivity (Wildman–Crippen MR) is 79.0 cm³/mol. The molecule has 1 atom stereocenters. The van der Waals surface area contributed by atoms with Crippen LogP contribution in [0.15, 0.2) is 29.2 Å². The molecule has 4 heteroatoms. The predicted octanol–water partition coefficient (Wildman–Crippen LogP) is 3.25. The average Bonchev–Trinajstić information content (AvgIpc) is 2.35. The highest BCUT2D eigenvalue weighted by atomic mass is 32.2. The monoisotopic (exact) mass is 266 g/mol. The molecule has 3 N–H and O–H groups in total. The minimum absolute atomic E-state index is 0.283. The van der Waals surface area contributed by atoms with E-state index in [0.29, 0.717) is 11.8 Å². The Hall–Kier alpha value is -1.16. The van der Waals surface area contributed by atoms with E-state index in [1.165, 1.54) is 24.6 Å². The maximum Gasteiger partial charge on any atom is 0.227 e. The summed E-state index contributed by atoms with van der Waals surface area (Å²) in [7, 11) is 0. The SMILES string of the molecule is CCCCC(C)Nc1ccccc1SCC(N)=O. The van der Waals surface area contributed by atoms with Crippen LogP contribution in [0.4, 0.5) is 5.69 Å². The molecule has 100 valence electrons. The van der Waals surface area contributed by atoms with E-state index >= 15 is 0 Å². The van der Waals surface area contributed by atoms with Gasteiger partial charge in [0.05, 0.1) is 5.75 Å². The number of hydrogen-bond acceptors (Lipinski definition) is 3. The largest absolute Gasteiger partial charge is 0.382 e. The number of primary amides is 1. The summed E-state index contributed by atoms with van der Waals surface area (Å²) in [5, 5.41) is 3.50. The first-order valence-electron chi connectivity index (χ1n) is 6.40. The molecule has 0 heterocycles. The summed E-state index contributed by atoms with van der Waals surface area (Å²) in [4.78, 5) is 11.9. The van der Waals surface area contributed by atoms with Crippen LogP contribution in [0.2, 0.25) is 0 Å². The lowest BCUT2D eigenvalue weighted by Crippen LogP contribution is -2.16. The molecular weight excluding hydrogens is 244 g/mol. The van der Waals surface area contributed by atoms with Gasteiger partial charge in [-0.2, -0.15) is 0 Å². The van der Waals surface area contributed by atoms with Crippen LogP contribution in [0.1, 0.15) is 33.1 Å². The third-order valence-electron chi connectivity index (χ3n) is 2.65. The maximum absolute atomic E-state index is 10.8. The van der Waals surface area contributed by atoms with Gasteiger partial charge in [0.15, 0.2) is 0 Å². The second kappa shape index (κ2) is 8.03. The summed E-state index contributed by atoms with van der Waals surface area (Å²) in [5.41, 5.74) is 6.27. The van der Waals surface area contributed by atoms with Crippen molar-refractivity contribution in [3.8, 4) is 0 Å². The van der Waals surface area contributed by atoms with Crippen molar-refractivity contribution in [2.45, 2.75) is 44.0 Å². The first kappa shape index (κ1) is 14.9. The van der Waals surface area contributed by atoms with E-state index in [1.807, 2.05) is 24.3 Å². The molecule has 1 rings (SSSR count). The zero-order valence-corrected chi connectivity index (χ0v) is 11.9. The second-order valence-electron chi connectivity index (χ2n) is 4.44. The van der Waals surface area contributed by atoms with Crippen LogP contribution in [0.25, 0.3) is 0 Å². The fraction of sp³-hybridized carbons (Fsp3) is 0.500. The molecule has 0 radical (unpaired) electrons. The Bertz CT molecular complexity index is 382. The van der Waals surface area contributed by atoms with Gasteiger partial charge >= 0.3 is 0 Å². The van der Waals surface area contributed by atoms with E-state index < -0.39 is 0 Å². The summed E-state index contributed by atoms with van der Waals surface area (Å²) < 4.78 is 0. The van der Waals surface area contributed by atoms with Crippen molar-refractivity contribution in [1.29, 1.82) is 0 Å². The zero-order valence-electron chi connectivity index (χ0n) is 11.1. The van der Waals surface area contributed by atoms with E-state index in [2.05, 4.69) is 19.2 Å². The number of nitrogens with one attached hydrogen (secondary N) is 1. The number of carbonyl (C=O) groups excluding carboxylic acids is 1. The van der Waals surface area contributed by atoms with E-state index in [-0.39, 0.29) is 5.91 Å². The van der Waals surface area contributed by atoms with Crippen LogP contribution in [0, 0.1) is 0 Å². The molecule has 0 bridgehead atoms. The summed E-state index contributed by atoms with van der Waals surface area (Å²) in [6.45, 7) is 4.38. The Labute approximate surface area is 114 Å². The molecule has 3 nitrogen and oxygen atoms in total. The van der Waals surface area contributed by atoms with Crippen LogP contribution >= 0.6 is 11.8 Å². The summed E-state index contributed by atoms with van der Waals surface area (Å²) in [5.74, 6) is 0.0380. The fourth-order valence-electron chi connectivity index (χ4n) is 1.71. The van der Waals surface area contributed by atoms with E-state index in [9.17, 15) is 4.79 Å². The van der Waals surface area contributed by atoms with Gasteiger partial charge in [0.25, 0.3) is 0 Å². The number of hydrogen-bond donors (Lipinski definition) is 2. The molecule has 1 aromatic carbocycles. The van der Waals surface area contributed by atoms with Gasteiger partial charge in [0, 0.05) is 16.6 Å². The van der Waals surface area contributed by atoms with Gasteiger partial charge < -0.3 is 11.1 Å². The van der Waals surface area contributed by atoms with Crippen molar-refractivity contribution in [3.05, 3.63) is 24.3 Å². The van der Waals surface area contributed by atoms with Crippen LogP contribution in [-0.2, 0) is 4.79 Å². The van der Waals surface area contributed by atoms with Gasteiger partial charge in [-0.1, -0.05) is 31.9 Å². The highest BCUT2D eigenvalue weighted by Crippen LogP contribution is 2.27. The molecule has 0 spiro atoms. The maximum atomic E-state index is 10.8. The molecule has 18 heavy (non-hydrogen) atoms. The standard InChI is InChI=1S/C14H22N2OS/c1-3-4-7-11(2)16-12-8-5-6-9-13(12)18-10-14(15)17/h5-6,8-9,11,16H,3-4,7,10H2,1-2H3,(H2,15,17). The van der Waals surface area contributed by atoms with Gasteiger partial charge in [-0.05, 0) is 25.5 Å². The Kier molecular flexibility index (Phi) is 6.65. The molecule has 1 amide bonds. The minimum atomic E-state index is -0.283. The number of anilines is 1. The lowest BCUT2D eigenvalue weighted by molar-refractivity contribution is -0.115. The van der Waals surface area contributed by atoms with E-state index in [4.69, 9.17) is 5.73 Å². The Morgan fingerprint density at radius 3 is 2.83 bits per heavy atom. The average molecular weight is 266 g/mol. The van der Waals surface area contributed by atoms with Gasteiger partial charge in [0.1, 0.15) is 0 Å². The summed E-state index contributed by atoms with van der Waals surface area (Å²) in [6, 6.07) is 8.49. The summed E-state index contributed by atoms with van der Waals surface area (Å²) >= 11 is 1.48. The zero-order chi connectivity index (χ0) is 13.4. The van der Waals surface area contributed by atoms with Gasteiger partial charge in [-0.3, -0.25) is 4.79 Å². The Morgan fingerprint density at radius 2 is 2.17 bits per heavy atom. The van der Waals surface area contributed by atoms with Gasteiger partial charge in [-0.25, -0.2) is 0 Å². The van der Waals surface area contributed by atoms with Crippen molar-refractivity contribution >= 4 is 23.4 Å². The van der Waals surface area contributed by atoms with Gasteiger partial charge in [-0.15, -0.1) is 11.8 Å². The lowest BCUT2D eigenvalue weighted by atomic mass is 10.1. The van der Waals surface area contributed by atoms with Crippen molar-refractivity contribution in [1.82, 2.24) is 0 Å². The Morgan fingerprint density at radius 1 is 1.44 bits per heavy atom. The number of rotatable bonds is 8. The number of amides is 1. The van der Waals surface area contributed by atoms with Crippen molar-refractivity contribution in [3.63, 3.8) is 0 Å². The third-order valence-corrected chi connectivity index (χ3v) is 3.75. The number of para-hydroxylation sites is 1. The molecule has 0 aromatic heterocycles. The van der Waals surface area contributed by atoms with Gasteiger partial charge in [0.2, 0.25) is 5.91 Å². The quantitative estimate of drug-likeness (QED) is 0.710. The fourth-order valence-corrected chi connectivity index (χ4v) is 2.46. The second-order valence-corrected chi connectivity index (χ2v) is 5.46. The number of thioether (sulfide) groups is 1. The molecule has 1 unspecified atom stereocenters. The number of nitrogens with two attached hydrogens (primary N) is 1. The van der Waals surface area contributed by atoms with E-state index in [1.54, 1.807) is 0 Å². The Balaban J connectivity index is 2.60. The third kappa shape index (κ3) is 5.45. The van der Waals surface area contributed by atoms with Crippen LogP contribution in [-0.4, -0.2) is 17.7 Å². The van der Waals surface area contributed by atoms with Crippen molar-refractivity contribution in [2.24, 2.45) is 5.73 Å². The van der Waals surface area contributed by atoms with Crippen molar-refractivity contribution in [2.75, 3.05) is 11.1 Å². The molecule has 0 aliphatic carbocycles. The molecule has 0 aliphatic rings. The first-order valence-corrected chi connectivity index (χ1v) is 7.38. The molecule has 0 saturated carbocycles. The topological polar surface area (TPSA) is 55.1 Å².